The number of piperidine rings is 1. The Morgan fingerprint density at radius 2 is 1.82 bits per heavy atom. The molecular formula is C22H24N4O2. The van der Waals surface area contributed by atoms with Crippen LogP contribution in [0.5, 0.6) is 0 Å². The molecule has 1 amide bonds. The highest BCUT2D eigenvalue weighted by Crippen LogP contribution is 2.40. The van der Waals surface area contributed by atoms with Crippen LogP contribution in [0.25, 0.3) is 0 Å². The van der Waals surface area contributed by atoms with Gasteiger partial charge in [0.2, 0.25) is 0 Å². The maximum absolute atomic E-state index is 12.7. The molecular weight excluding hydrogens is 352 g/mol. The first-order chi connectivity index (χ1) is 13.7. The molecule has 2 fully saturated rings. The number of nitrogens with zero attached hydrogens (tertiary/aromatic N) is 4. The van der Waals surface area contributed by atoms with E-state index in [1.165, 1.54) is 5.56 Å². The van der Waals surface area contributed by atoms with E-state index in [-0.39, 0.29) is 24.1 Å². The van der Waals surface area contributed by atoms with Crippen LogP contribution < -0.4 is 0 Å². The van der Waals surface area contributed by atoms with Crippen molar-refractivity contribution >= 4 is 5.91 Å². The summed E-state index contributed by atoms with van der Waals surface area (Å²) in [7, 11) is 1.61. The molecule has 6 heteroatoms. The van der Waals surface area contributed by atoms with Gasteiger partial charge in [0, 0.05) is 45.2 Å². The number of carbonyl (C=O) groups is 1. The monoisotopic (exact) mass is 376 g/mol. The van der Waals surface area contributed by atoms with Gasteiger partial charge in [0.1, 0.15) is 0 Å². The Hall–Kier alpha value is -2.75. The van der Waals surface area contributed by atoms with Gasteiger partial charge in [-0.3, -0.25) is 14.7 Å². The summed E-state index contributed by atoms with van der Waals surface area (Å²) in [5, 5.41) is 8.92. The predicted octanol–water partition coefficient (Wildman–Crippen LogP) is 2.52. The maximum atomic E-state index is 12.7. The Kier molecular flexibility index (Phi) is 5.38. The van der Waals surface area contributed by atoms with Crippen molar-refractivity contribution in [2.75, 3.05) is 20.2 Å². The van der Waals surface area contributed by atoms with Crippen LogP contribution in [0, 0.1) is 11.3 Å². The number of β-lactam (4-membered cyclic amide) rings is 1. The molecule has 0 saturated carbocycles. The number of pyridine rings is 1. The lowest BCUT2D eigenvalue weighted by Crippen LogP contribution is -2.64. The zero-order valence-electron chi connectivity index (χ0n) is 16.0. The van der Waals surface area contributed by atoms with E-state index in [1.807, 2.05) is 41.3 Å². The Morgan fingerprint density at radius 3 is 2.43 bits per heavy atom. The highest BCUT2D eigenvalue weighted by molar-refractivity contribution is 5.89. The molecule has 2 atom stereocenters. The van der Waals surface area contributed by atoms with Crippen molar-refractivity contribution in [3.8, 4) is 6.07 Å². The van der Waals surface area contributed by atoms with Crippen LogP contribution in [0.15, 0.2) is 48.8 Å². The van der Waals surface area contributed by atoms with Gasteiger partial charge in [-0.25, -0.2) is 0 Å². The van der Waals surface area contributed by atoms with Crippen LogP contribution in [0.2, 0.25) is 0 Å². The number of carbonyl (C=O) groups excluding carboxylic acids is 1. The first-order valence-electron chi connectivity index (χ1n) is 9.67. The van der Waals surface area contributed by atoms with Gasteiger partial charge in [0.15, 0.2) is 6.10 Å². The highest BCUT2D eigenvalue weighted by atomic mass is 16.5. The van der Waals surface area contributed by atoms with E-state index in [2.05, 4.69) is 16.0 Å². The van der Waals surface area contributed by atoms with Gasteiger partial charge in [-0.15, -0.1) is 0 Å². The standard InChI is InChI=1S/C22H24N4O2/c1-28-21-20(18-6-10-24-11-7-18)26(22(21)27)19-8-12-25(13-9-19)15-17-4-2-16(14-23)3-5-17/h2-7,10-11,19-21H,8-9,12-13,15H2,1H3. The number of nitriles is 1. The molecule has 1 aromatic carbocycles. The third-order valence-corrected chi connectivity index (χ3v) is 5.83. The maximum Gasteiger partial charge on any atom is 0.255 e. The summed E-state index contributed by atoms with van der Waals surface area (Å²) in [5.41, 5.74) is 2.99. The number of likely N-dealkylation sites (tertiary alicyclic amines) is 2. The first kappa shape index (κ1) is 18.6. The normalized spacial score (nSPS) is 23.3. The largest absolute Gasteiger partial charge is 0.369 e. The van der Waals surface area contributed by atoms with Gasteiger partial charge in [0.05, 0.1) is 17.7 Å². The topological polar surface area (TPSA) is 69.5 Å². The van der Waals surface area contributed by atoms with E-state index >= 15 is 0 Å². The molecule has 2 aromatic rings. The van der Waals surface area contributed by atoms with E-state index in [9.17, 15) is 4.79 Å². The van der Waals surface area contributed by atoms with Crippen LogP contribution in [-0.2, 0) is 16.1 Å². The molecule has 2 unspecified atom stereocenters. The Bertz CT molecular complexity index is 854. The molecule has 2 saturated heterocycles. The number of amides is 1. The molecule has 0 bridgehead atoms. The minimum atomic E-state index is -0.390. The molecule has 28 heavy (non-hydrogen) atoms. The van der Waals surface area contributed by atoms with Gasteiger partial charge >= 0.3 is 0 Å². The van der Waals surface area contributed by atoms with Crippen LogP contribution in [0.3, 0.4) is 0 Å². The molecule has 0 N–H and O–H groups in total. The molecule has 0 aliphatic carbocycles. The van der Waals surface area contributed by atoms with Gasteiger partial charge in [-0.05, 0) is 48.2 Å². The fourth-order valence-electron chi connectivity index (χ4n) is 4.31. The van der Waals surface area contributed by atoms with Crippen molar-refractivity contribution < 1.29 is 9.53 Å². The summed E-state index contributed by atoms with van der Waals surface area (Å²) in [6.07, 6.45) is 5.06. The van der Waals surface area contributed by atoms with E-state index < -0.39 is 0 Å². The van der Waals surface area contributed by atoms with E-state index in [4.69, 9.17) is 10.00 Å². The molecule has 4 rings (SSSR count). The molecule has 3 heterocycles. The quantitative estimate of drug-likeness (QED) is 0.750. The van der Waals surface area contributed by atoms with Crippen LogP contribution >= 0.6 is 0 Å². The van der Waals surface area contributed by atoms with Crippen LogP contribution in [-0.4, -0.2) is 53.0 Å². The molecule has 0 radical (unpaired) electrons. The molecule has 2 aliphatic heterocycles. The molecule has 6 nitrogen and oxygen atoms in total. The number of ether oxygens (including phenoxy) is 1. The fraction of sp³-hybridized carbons (Fsp3) is 0.409. The predicted molar refractivity (Wildman–Crippen MR) is 104 cm³/mol. The van der Waals surface area contributed by atoms with Gasteiger partial charge in [-0.1, -0.05) is 12.1 Å². The zero-order valence-corrected chi connectivity index (χ0v) is 16.0. The molecule has 144 valence electrons. The van der Waals surface area contributed by atoms with Crippen molar-refractivity contribution in [1.82, 2.24) is 14.8 Å². The van der Waals surface area contributed by atoms with Crippen molar-refractivity contribution in [3.63, 3.8) is 0 Å². The second-order valence-corrected chi connectivity index (χ2v) is 7.44. The summed E-state index contributed by atoms with van der Waals surface area (Å²) in [6.45, 7) is 2.78. The molecule has 2 aliphatic rings. The first-order valence-corrected chi connectivity index (χ1v) is 9.67. The lowest BCUT2D eigenvalue weighted by Gasteiger charge is -2.52. The fourth-order valence-corrected chi connectivity index (χ4v) is 4.31. The summed E-state index contributed by atoms with van der Waals surface area (Å²) < 4.78 is 5.46. The average Bonchev–Trinajstić information content (AvgIpc) is 2.74. The molecule has 1 aromatic heterocycles. The summed E-state index contributed by atoms with van der Waals surface area (Å²) >= 11 is 0. The third kappa shape index (κ3) is 3.51. The van der Waals surface area contributed by atoms with Crippen molar-refractivity contribution in [1.29, 1.82) is 5.26 Å². The molecule has 0 spiro atoms. The van der Waals surface area contributed by atoms with Crippen LogP contribution in [0.4, 0.5) is 0 Å². The van der Waals surface area contributed by atoms with E-state index in [1.54, 1.807) is 19.5 Å². The number of aromatic nitrogens is 1. The van der Waals surface area contributed by atoms with Crippen molar-refractivity contribution in [3.05, 3.63) is 65.5 Å². The Morgan fingerprint density at radius 1 is 1.14 bits per heavy atom. The lowest BCUT2D eigenvalue weighted by atomic mass is 9.86. The lowest BCUT2D eigenvalue weighted by molar-refractivity contribution is -0.178. The van der Waals surface area contributed by atoms with Crippen molar-refractivity contribution in [2.24, 2.45) is 0 Å². The van der Waals surface area contributed by atoms with Gasteiger partial charge in [0.25, 0.3) is 5.91 Å². The number of hydrogen-bond acceptors (Lipinski definition) is 5. The smallest absolute Gasteiger partial charge is 0.255 e. The number of benzene rings is 1. The zero-order chi connectivity index (χ0) is 19.5. The Balaban J connectivity index is 1.38. The van der Waals surface area contributed by atoms with Gasteiger partial charge < -0.3 is 9.64 Å². The third-order valence-electron chi connectivity index (χ3n) is 5.83. The van der Waals surface area contributed by atoms with Crippen LogP contribution in [0.1, 0.15) is 35.6 Å². The minimum Gasteiger partial charge on any atom is -0.369 e. The number of hydrogen-bond donors (Lipinski definition) is 0. The minimum absolute atomic E-state index is 0.0180. The van der Waals surface area contributed by atoms with Crippen molar-refractivity contribution in [2.45, 2.75) is 37.6 Å². The van der Waals surface area contributed by atoms with E-state index in [0.29, 0.717) is 5.56 Å². The summed E-state index contributed by atoms with van der Waals surface area (Å²) in [6, 6.07) is 14.1. The van der Waals surface area contributed by atoms with E-state index in [0.717, 1.165) is 38.0 Å². The SMILES string of the molecule is COC1C(=O)N(C2CCN(Cc3ccc(C#N)cc3)CC2)C1c1ccncc1. The number of rotatable bonds is 5. The number of methoxy groups -OCH3 is 1. The Labute approximate surface area is 165 Å². The average molecular weight is 376 g/mol. The summed E-state index contributed by atoms with van der Waals surface area (Å²) in [5.74, 6) is 0.0925. The highest BCUT2D eigenvalue weighted by Gasteiger charge is 2.51. The second kappa shape index (κ2) is 8.09. The summed E-state index contributed by atoms with van der Waals surface area (Å²) in [4.78, 5) is 21.2. The second-order valence-electron chi connectivity index (χ2n) is 7.44. The van der Waals surface area contributed by atoms with Gasteiger partial charge in [-0.2, -0.15) is 5.26 Å².